The lowest BCUT2D eigenvalue weighted by atomic mass is 10.3. The van der Waals surface area contributed by atoms with Gasteiger partial charge in [-0.25, -0.2) is 0 Å². The van der Waals surface area contributed by atoms with Gasteiger partial charge in [-0.1, -0.05) is 0 Å². The minimum absolute atomic E-state index is 0.292. The molecular weight excluding hydrogens is 108 g/mol. The van der Waals surface area contributed by atoms with Crippen LogP contribution in [0.1, 0.15) is 19.8 Å². The molecule has 0 saturated heterocycles. The smallest absolute Gasteiger partial charge is 0.0405 e. The summed E-state index contributed by atoms with van der Waals surface area (Å²) in [6.45, 7) is 1.97. The molecule has 1 aliphatic rings. The van der Waals surface area contributed by atoms with E-state index < -0.39 is 0 Å². The lowest BCUT2D eigenvalue weighted by molar-refractivity contribution is 0.601. The molecule has 1 aliphatic carbocycles. The highest BCUT2D eigenvalue weighted by Gasteiger charge is 2.37. The second-order valence-corrected chi connectivity index (χ2v) is 2.80. The van der Waals surface area contributed by atoms with Crippen molar-refractivity contribution in [1.82, 2.24) is 0 Å². The van der Waals surface area contributed by atoms with Crippen molar-refractivity contribution in [2.24, 2.45) is 0 Å². The topological polar surface area (TPSA) is 17.1 Å². The van der Waals surface area contributed by atoms with Gasteiger partial charge in [0.05, 0.1) is 0 Å². The highest BCUT2D eigenvalue weighted by atomic mass is 32.1. The van der Waals surface area contributed by atoms with E-state index in [0.717, 1.165) is 0 Å². The minimum atomic E-state index is 0.292. The second-order valence-electron chi connectivity index (χ2n) is 1.90. The van der Waals surface area contributed by atoms with E-state index in [1.807, 2.05) is 6.92 Å². The van der Waals surface area contributed by atoms with E-state index in [-0.39, 0.29) is 0 Å². The first-order chi connectivity index (χ1) is 3.34. The van der Waals surface area contributed by atoms with Gasteiger partial charge in [0, 0.05) is 10.1 Å². The molecular formula is C5H8OS+. The molecule has 1 radical (unpaired) electrons. The molecule has 0 spiro atoms. The molecule has 1 nitrogen and oxygen atoms in total. The minimum Gasteiger partial charge on any atom is -0.0405 e. The summed E-state index contributed by atoms with van der Waals surface area (Å²) in [4.78, 5) is 0. The van der Waals surface area contributed by atoms with Gasteiger partial charge < -0.3 is 0 Å². The molecule has 0 aliphatic heterocycles. The Morgan fingerprint density at radius 3 is 2.43 bits per heavy atom. The zero-order valence-electron chi connectivity index (χ0n) is 4.31. The quantitative estimate of drug-likeness (QED) is 0.495. The second kappa shape index (κ2) is 1.86. The summed E-state index contributed by atoms with van der Waals surface area (Å²) in [6.07, 6.45) is 2.41. The fourth-order valence-corrected chi connectivity index (χ4v) is 0.919. The molecule has 1 unspecified atom stereocenters. The SMILES string of the molecule is CC([S+]=O)[C]1CC1. The van der Waals surface area contributed by atoms with Crippen LogP contribution in [0.25, 0.3) is 0 Å². The van der Waals surface area contributed by atoms with E-state index in [4.69, 9.17) is 0 Å². The first kappa shape index (κ1) is 5.16. The van der Waals surface area contributed by atoms with Gasteiger partial charge in [-0.3, -0.25) is 0 Å². The molecule has 39 valence electrons. The molecule has 0 aromatic rings. The zero-order chi connectivity index (χ0) is 5.28. The number of rotatable bonds is 2. The van der Waals surface area contributed by atoms with E-state index in [2.05, 4.69) is 0 Å². The fraction of sp³-hybridized carbons (Fsp3) is 0.800. The molecule has 0 aromatic carbocycles. The predicted molar refractivity (Wildman–Crippen MR) is 30.0 cm³/mol. The van der Waals surface area contributed by atoms with Gasteiger partial charge in [0.25, 0.3) is 0 Å². The van der Waals surface area contributed by atoms with Crippen molar-refractivity contribution in [2.45, 2.75) is 25.0 Å². The third-order valence-corrected chi connectivity index (χ3v) is 1.88. The highest BCUT2D eigenvalue weighted by Crippen LogP contribution is 2.35. The molecule has 1 atom stereocenters. The molecule has 1 saturated carbocycles. The Morgan fingerprint density at radius 1 is 1.71 bits per heavy atom. The first-order valence-corrected chi connectivity index (χ1v) is 3.28. The van der Waals surface area contributed by atoms with Crippen molar-refractivity contribution in [2.75, 3.05) is 0 Å². The lowest BCUT2D eigenvalue weighted by Crippen LogP contribution is -1.97. The van der Waals surface area contributed by atoms with Gasteiger partial charge in [0.2, 0.25) is 5.25 Å². The van der Waals surface area contributed by atoms with Crippen molar-refractivity contribution in [3.05, 3.63) is 5.92 Å². The normalized spacial score (nSPS) is 24.1. The largest absolute Gasteiger partial charge is 0.462 e. The summed E-state index contributed by atoms with van der Waals surface area (Å²) < 4.78 is 10.0. The van der Waals surface area contributed by atoms with Crippen LogP contribution in [0.3, 0.4) is 0 Å². The van der Waals surface area contributed by atoms with Crippen molar-refractivity contribution in [3.8, 4) is 0 Å². The molecule has 0 heterocycles. The van der Waals surface area contributed by atoms with Gasteiger partial charge in [-0.15, -0.1) is 0 Å². The summed E-state index contributed by atoms with van der Waals surface area (Å²) >= 11 is 0.708. The van der Waals surface area contributed by atoms with E-state index in [0.29, 0.717) is 16.9 Å². The Kier molecular flexibility index (Phi) is 1.38. The Balaban J connectivity index is 2.22. The molecule has 0 N–H and O–H groups in total. The first-order valence-electron chi connectivity index (χ1n) is 2.48. The van der Waals surface area contributed by atoms with Crippen molar-refractivity contribution < 1.29 is 4.21 Å². The zero-order valence-corrected chi connectivity index (χ0v) is 5.12. The van der Waals surface area contributed by atoms with Gasteiger partial charge in [0.1, 0.15) is 0 Å². The molecule has 1 fully saturated rings. The van der Waals surface area contributed by atoms with E-state index in [1.165, 1.54) is 18.8 Å². The lowest BCUT2D eigenvalue weighted by Gasteiger charge is -1.77. The molecule has 1 rings (SSSR count). The summed E-state index contributed by atoms with van der Waals surface area (Å²) in [5.74, 6) is 1.44. The molecule has 7 heavy (non-hydrogen) atoms. The van der Waals surface area contributed by atoms with Crippen LogP contribution < -0.4 is 0 Å². The summed E-state index contributed by atoms with van der Waals surface area (Å²) in [6, 6.07) is 0. The average molecular weight is 116 g/mol. The fourth-order valence-electron chi connectivity index (χ4n) is 0.547. The third kappa shape index (κ3) is 1.20. The average Bonchev–Trinajstić information content (AvgIpc) is 2.44. The monoisotopic (exact) mass is 116 g/mol. The molecule has 0 bridgehead atoms. The Bertz CT molecular complexity index is 78.1. The maximum Gasteiger partial charge on any atom is 0.462 e. The van der Waals surface area contributed by atoms with Crippen LogP contribution in [0, 0.1) is 5.92 Å². The van der Waals surface area contributed by atoms with Crippen LogP contribution in [0.4, 0.5) is 0 Å². The molecule has 2 heteroatoms. The van der Waals surface area contributed by atoms with E-state index in [1.54, 1.807) is 0 Å². The summed E-state index contributed by atoms with van der Waals surface area (Å²) in [5.41, 5.74) is 0. The number of hydrogen-bond acceptors (Lipinski definition) is 1. The molecule has 0 aromatic heterocycles. The van der Waals surface area contributed by atoms with Crippen LogP contribution in [-0.2, 0) is 15.9 Å². The standard InChI is InChI=1S/C5H8OS/c1-4(7-6)5-2-3-5/h4H,2-3H2,1H3/q+1. The van der Waals surface area contributed by atoms with E-state index >= 15 is 0 Å². The Morgan fingerprint density at radius 2 is 2.29 bits per heavy atom. The van der Waals surface area contributed by atoms with Crippen LogP contribution in [0.5, 0.6) is 0 Å². The summed E-state index contributed by atoms with van der Waals surface area (Å²) in [7, 11) is 0. The van der Waals surface area contributed by atoms with Crippen molar-refractivity contribution >= 4 is 11.7 Å². The maximum absolute atomic E-state index is 10.0. The van der Waals surface area contributed by atoms with Crippen LogP contribution in [0.2, 0.25) is 0 Å². The maximum atomic E-state index is 10.0. The van der Waals surface area contributed by atoms with Crippen molar-refractivity contribution in [1.29, 1.82) is 0 Å². The van der Waals surface area contributed by atoms with E-state index in [9.17, 15) is 4.21 Å². The van der Waals surface area contributed by atoms with Crippen LogP contribution >= 0.6 is 0 Å². The van der Waals surface area contributed by atoms with Crippen LogP contribution in [-0.4, -0.2) is 5.25 Å². The van der Waals surface area contributed by atoms with Gasteiger partial charge in [-0.05, 0) is 19.8 Å². The highest BCUT2D eigenvalue weighted by molar-refractivity contribution is 7.66. The van der Waals surface area contributed by atoms with Crippen molar-refractivity contribution in [3.63, 3.8) is 0 Å². The van der Waals surface area contributed by atoms with Gasteiger partial charge in [0.15, 0.2) is 0 Å². The van der Waals surface area contributed by atoms with Gasteiger partial charge in [-0.2, -0.15) is 0 Å². The number of hydrogen-bond donors (Lipinski definition) is 0. The third-order valence-electron chi connectivity index (χ3n) is 1.26. The Hall–Kier alpha value is 0.0200. The Labute approximate surface area is 47.6 Å². The molecule has 0 amide bonds. The van der Waals surface area contributed by atoms with Crippen LogP contribution in [0.15, 0.2) is 0 Å². The predicted octanol–water partition coefficient (Wildman–Crippen LogP) is 1.17. The van der Waals surface area contributed by atoms with Gasteiger partial charge >= 0.3 is 11.7 Å². The summed E-state index contributed by atoms with van der Waals surface area (Å²) in [5, 5.41) is 0.292.